The predicted octanol–water partition coefficient (Wildman–Crippen LogP) is 11.2. The Balaban J connectivity index is 0.000000160. The van der Waals surface area contributed by atoms with Gasteiger partial charge in [0.25, 0.3) is 0 Å². The highest BCUT2D eigenvalue weighted by atomic mass is 14.4. The van der Waals surface area contributed by atoms with Gasteiger partial charge in [-0.05, 0) is 55.3 Å². The van der Waals surface area contributed by atoms with Crippen LogP contribution in [0.3, 0.4) is 0 Å². The van der Waals surface area contributed by atoms with E-state index in [1.165, 1.54) is 55.3 Å². The van der Waals surface area contributed by atoms with Crippen LogP contribution < -0.4 is 0 Å². The quantitative estimate of drug-likeness (QED) is 0.199. The summed E-state index contributed by atoms with van der Waals surface area (Å²) in [4.78, 5) is 0. The molecular weight excluding hydrogens is 456 g/mol. The molecule has 2 aliphatic rings. The Kier molecular flexibility index (Phi) is 7.93. The maximum Gasteiger partial charge on any atom is 0.0159 e. The molecule has 0 nitrogen and oxygen atoms in total. The molecule has 5 aromatic carbocycles. The average molecular weight is 499 g/mol. The van der Waals surface area contributed by atoms with Crippen molar-refractivity contribution in [3.63, 3.8) is 0 Å². The minimum atomic E-state index is 0.107. The second-order valence-corrected chi connectivity index (χ2v) is 10.6. The van der Waals surface area contributed by atoms with E-state index in [2.05, 4.69) is 137 Å². The Bertz CT molecular complexity index is 1500. The number of rotatable bonds is 0. The third-order valence-corrected chi connectivity index (χ3v) is 7.96. The predicted molar refractivity (Wildman–Crippen MR) is 168 cm³/mol. The molecule has 0 amide bonds. The van der Waals surface area contributed by atoms with Crippen molar-refractivity contribution >= 4 is 10.8 Å². The van der Waals surface area contributed by atoms with Gasteiger partial charge in [-0.1, -0.05) is 165 Å². The smallest absolute Gasteiger partial charge is 0.0159 e. The Morgan fingerprint density at radius 2 is 0.763 bits per heavy atom. The highest BCUT2D eigenvalue weighted by Crippen LogP contribution is 2.51. The number of hydrogen-bond donors (Lipinski definition) is 0. The summed E-state index contributed by atoms with van der Waals surface area (Å²) in [5.41, 5.74) is 11.7. The molecule has 0 saturated carbocycles. The molecule has 0 radical (unpaired) electrons. The third-order valence-electron chi connectivity index (χ3n) is 7.96. The first-order valence-electron chi connectivity index (χ1n) is 14.2. The molecule has 7 rings (SSSR count). The van der Waals surface area contributed by atoms with Crippen LogP contribution in [0.15, 0.2) is 109 Å². The van der Waals surface area contributed by atoms with Crippen molar-refractivity contribution in [2.75, 3.05) is 0 Å². The second kappa shape index (κ2) is 11.0. The van der Waals surface area contributed by atoms with Crippen molar-refractivity contribution in [2.24, 2.45) is 0 Å². The Labute approximate surface area is 230 Å². The van der Waals surface area contributed by atoms with Gasteiger partial charge in [0.2, 0.25) is 0 Å². The number of fused-ring (bicyclic) bond motifs is 8. The fraction of sp³-hybridized carbons (Fsp3) is 0.263. The van der Waals surface area contributed by atoms with Gasteiger partial charge in [-0.2, -0.15) is 0 Å². The van der Waals surface area contributed by atoms with Crippen LogP contribution in [0.25, 0.3) is 33.0 Å². The maximum absolute atomic E-state index is 2.33. The van der Waals surface area contributed by atoms with Crippen molar-refractivity contribution in [1.82, 2.24) is 0 Å². The van der Waals surface area contributed by atoms with Crippen molar-refractivity contribution in [1.29, 1.82) is 0 Å². The molecule has 0 heterocycles. The molecule has 2 aliphatic carbocycles. The Morgan fingerprint density at radius 1 is 0.368 bits per heavy atom. The van der Waals surface area contributed by atoms with Gasteiger partial charge in [0.15, 0.2) is 0 Å². The van der Waals surface area contributed by atoms with E-state index in [9.17, 15) is 0 Å². The minimum absolute atomic E-state index is 0.107. The summed E-state index contributed by atoms with van der Waals surface area (Å²) >= 11 is 0. The fourth-order valence-corrected chi connectivity index (χ4v) is 6.14. The molecule has 0 unspecified atom stereocenters. The van der Waals surface area contributed by atoms with E-state index in [4.69, 9.17) is 0 Å². The Morgan fingerprint density at radius 3 is 1.32 bits per heavy atom. The monoisotopic (exact) mass is 498 g/mol. The zero-order valence-electron chi connectivity index (χ0n) is 24.4. The van der Waals surface area contributed by atoms with Crippen LogP contribution in [0.4, 0.5) is 0 Å². The van der Waals surface area contributed by atoms with Crippen molar-refractivity contribution in [3.8, 4) is 22.3 Å². The summed E-state index contributed by atoms with van der Waals surface area (Å²) in [5.74, 6) is 0. The zero-order chi connectivity index (χ0) is 27.5. The van der Waals surface area contributed by atoms with E-state index < -0.39 is 0 Å². The zero-order valence-corrected chi connectivity index (χ0v) is 24.4. The van der Waals surface area contributed by atoms with Crippen LogP contribution in [0.1, 0.15) is 77.6 Å². The SMILES string of the molecule is CC.CC.CC1(C)c2ccccc2-c2c1ccc1ccccc21.CC1(C)c2ccccc2-c2ccccc21. The van der Waals surface area contributed by atoms with Gasteiger partial charge in [0.05, 0.1) is 0 Å². The van der Waals surface area contributed by atoms with E-state index in [1.807, 2.05) is 27.7 Å². The molecule has 0 aromatic heterocycles. The number of benzene rings is 5. The van der Waals surface area contributed by atoms with Gasteiger partial charge in [-0.3, -0.25) is 0 Å². The van der Waals surface area contributed by atoms with Crippen molar-refractivity contribution in [3.05, 3.63) is 131 Å². The molecular formula is C38H42. The molecule has 38 heavy (non-hydrogen) atoms. The minimum Gasteiger partial charge on any atom is -0.0683 e. The summed E-state index contributed by atoms with van der Waals surface area (Å²) < 4.78 is 0. The topological polar surface area (TPSA) is 0 Å². The van der Waals surface area contributed by atoms with Gasteiger partial charge >= 0.3 is 0 Å². The van der Waals surface area contributed by atoms with Gasteiger partial charge in [0, 0.05) is 10.8 Å². The first-order valence-corrected chi connectivity index (χ1v) is 14.2. The molecule has 0 spiro atoms. The van der Waals surface area contributed by atoms with Crippen LogP contribution in [0.2, 0.25) is 0 Å². The van der Waals surface area contributed by atoms with Crippen LogP contribution >= 0.6 is 0 Å². The highest BCUT2D eigenvalue weighted by Gasteiger charge is 2.36. The first kappa shape index (κ1) is 27.4. The molecule has 0 N–H and O–H groups in total. The summed E-state index contributed by atoms with van der Waals surface area (Å²) in [6.45, 7) is 17.3. The van der Waals surface area contributed by atoms with Crippen LogP contribution in [-0.4, -0.2) is 0 Å². The second-order valence-electron chi connectivity index (χ2n) is 10.6. The van der Waals surface area contributed by atoms with Gasteiger partial charge < -0.3 is 0 Å². The molecule has 0 saturated heterocycles. The largest absolute Gasteiger partial charge is 0.0683 e. The van der Waals surface area contributed by atoms with Crippen molar-refractivity contribution in [2.45, 2.75) is 66.2 Å². The van der Waals surface area contributed by atoms with Gasteiger partial charge in [-0.25, -0.2) is 0 Å². The highest BCUT2D eigenvalue weighted by molar-refractivity contribution is 6.02. The van der Waals surface area contributed by atoms with Gasteiger partial charge in [0.1, 0.15) is 0 Å². The third kappa shape index (κ3) is 4.37. The lowest BCUT2D eigenvalue weighted by Crippen LogP contribution is -2.14. The molecule has 0 atom stereocenters. The fourth-order valence-electron chi connectivity index (χ4n) is 6.14. The standard InChI is InChI=1S/C19H16.C15H14.2C2H6/c1-19(2)16-10-6-5-9-15(16)18-14-8-4-3-7-13(14)11-12-17(18)19;1-15(2)13-9-5-3-7-11(13)12-8-4-6-10-14(12)15;2*1-2/h3-12H,1-2H3;3-10H,1-2H3;2*1-2H3. The summed E-state index contributed by atoms with van der Waals surface area (Å²) in [7, 11) is 0. The molecule has 194 valence electrons. The molecule has 5 aromatic rings. The molecule has 0 aliphatic heterocycles. The first-order chi connectivity index (χ1) is 18.4. The molecule has 0 heteroatoms. The lowest BCUT2D eigenvalue weighted by molar-refractivity contribution is 0.660. The normalized spacial score (nSPS) is 14.2. The van der Waals surface area contributed by atoms with E-state index in [1.54, 1.807) is 0 Å². The summed E-state index contributed by atoms with van der Waals surface area (Å²) in [6.07, 6.45) is 0. The maximum atomic E-state index is 2.33. The van der Waals surface area contributed by atoms with Crippen LogP contribution in [0, 0.1) is 0 Å². The lowest BCUT2D eigenvalue weighted by atomic mass is 9.82. The number of hydrogen-bond acceptors (Lipinski definition) is 0. The van der Waals surface area contributed by atoms with E-state index >= 15 is 0 Å². The Hall–Kier alpha value is -3.64. The van der Waals surface area contributed by atoms with E-state index in [-0.39, 0.29) is 10.8 Å². The van der Waals surface area contributed by atoms with Crippen LogP contribution in [0.5, 0.6) is 0 Å². The molecule has 0 fully saturated rings. The van der Waals surface area contributed by atoms with Gasteiger partial charge in [-0.15, -0.1) is 0 Å². The average Bonchev–Trinajstić information content (AvgIpc) is 3.36. The summed E-state index contributed by atoms with van der Waals surface area (Å²) in [5, 5.41) is 2.70. The van der Waals surface area contributed by atoms with Crippen molar-refractivity contribution < 1.29 is 0 Å². The summed E-state index contributed by atoms with van der Waals surface area (Å²) in [6, 6.07) is 39.5. The lowest BCUT2D eigenvalue weighted by Gasteiger charge is -2.21. The van der Waals surface area contributed by atoms with E-state index in [0.29, 0.717) is 0 Å². The van der Waals surface area contributed by atoms with E-state index in [0.717, 1.165) is 0 Å². The molecule has 0 bridgehead atoms. The van der Waals surface area contributed by atoms with Crippen LogP contribution in [-0.2, 0) is 10.8 Å².